The van der Waals surface area contributed by atoms with E-state index in [2.05, 4.69) is 0 Å². The molecule has 0 unspecified atom stereocenters. The van der Waals surface area contributed by atoms with E-state index >= 15 is 0 Å². The third-order valence-electron chi connectivity index (χ3n) is 2.74. The van der Waals surface area contributed by atoms with Gasteiger partial charge in [-0.05, 0) is 32.0 Å². The van der Waals surface area contributed by atoms with E-state index in [1.54, 1.807) is 11.3 Å². The van der Waals surface area contributed by atoms with Crippen molar-refractivity contribution in [2.75, 3.05) is 6.61 Å². The number of aryl methyl sites for hydroxylation is 2. The molecular formula is C15H13FO3S. The van der Waals surface area contributed by atoms with Gasteiger partial charge in [0.15, 0.2) is 6.61 Å². The highest BCUT2D eigenvalue weighted by Gasteiger charge is 2.13. The molecule has 104 valence electrons. The van der Waals surface area contributed by atoms with Gasteiger partial charge in [-0.3, -0.25) is 9.59 Å². The van der Waals surface area contributed by atoms with Crippen LogP contribution in [-0.4, -0.2) is 18.7 Å². The molecule has 20 heavy (non-hydrogen) atoms. The zero-order valence-corrected chi connectivity index (χ0v) is 11.9. The lowest BCUT2D eigenvalue weighted by Gasteiger charge is -2.06. The lowest BCUT2D eigenvalue weighted by molar-refractivity contribution is 0.0921. The second kappa shape index (κ2) is 5.96. The molecule has 0 bridgehead atoms. The number of Topliss-reactive ketones (excluding diaryl/α,β-unsaturated/α-hetero) is 1. The number of ketones is 1. The third-order valence-corrected chi connectivity index (χ3v) is 3.71. The van der Waals surface area contributed by atoms with Crippen molar-refractivity contribution in [3.63, 3.8) is 0 Å². The van der Waals surface area contributed by atoms with E-state index in [4.69, 9.17) is 4.74 Å². The standard InChI is InChI=1S/C15H13FO3S/c1-9-3-14(10(2)20-9)15(18)8-19-13-5-11(7-17)4-12(16)6-13/h3-7H,8H2,1-2H3. The molecule has 3 nitrogen and oxygen atoms in total. The van der Waals surface area contributed by atoms with E-state index in [1.807, 2.05) is 19.9 Å². The van der Waals surface area contributed by atoms with Gasteiger partial charge in [0.25, 0.3) is 0 Å². The first-order valence-corrected chi connectivity index (χ1v) is 6.80. The summed E-state index contributed by atoms with van der Waals surface area (Å²) in [4.78, 5) is 24.6. The van der Waals surface area contributed by atoms with Crippen LogP contribution in [0.4, 0.5) is 4.39 Å². The normalized spacial score (nSPS) is 10.3. The third kappa shape index (κ3) is 3.30. The second-order valence-electron chi connectivity index (χ2n) is 4.38. The molecule has 2 aromatic rings. The van der Waals surface area contributed by atoms with Crippen LogP contribution in [-0.2, 0) is 0 Å². The number of aldehydes is 1. The predicted octanol–water partition coefficient (Wildman–Crippen LogP) is 3.58. The van der Waals surface area contributed by atoms with Crippen molar-refractivity contribution in [3.05, 3.63) is 51.0 Å². The summed E-state index contributed by atoms with van der Waals surface area (Å²) < 4.78 is 18.5. The Morgan fingerprint density at radius 3 is 2.65 bits per heavy atom. The molecule has 0 N–H and O–H groups in total. The smallest absolute Gasteiger partial charge is 0.201 e. The molecule has 0 amide bonds. The summed E-state index contributed by atoms with van der Waals surface area (Å²) in [6.07, 6.45) is 0.532. The molecule has 0 aliphatic carbocycles. The first-order chi connectivity index (χ1) is 9.49. The topological polar surface area (TPSA) is 43.4 Å². The molecule has 0 saturated heterocycles. The molecule has 1 aromatic heterocycles. The minimum Gasteiger partial charge on any atom is -0.485 e. The van der Waals surface area contributed by atoms with E-state index in [1.165, 1.54) is 6.07 Å². The molecule has 0 saturated carbocycles. The minimum absolute atomic E-state index is 0.163. The number of rotatable bonds is 5. The molecular weight excluding hydrogens is 279 g/mol. The Balaban J connectivity index is 2.09. The maximum Gasteiger partial charge on any atom is 0.201 e. The van der Waals surface area contributed by atoms with Crippen LogP contribution in [0, 0.1) is 19.7 Å². The van der Waals surface area contributed by atoms with Gasteiger partial charge in [0.2, 0.25) is 5.78 Å². The van der Waals surface area contributed by atoms with Gasteiger partial charge in [0.1, 0.15) is 17.9 Å². The fraction of sp³-hybridized carbons (Fsp3) is 0.200. The van der Waals surface area contributed by atoms with Gasteiger partial charge in [-0.15, -0.1) is 11.3 Å². The van der Waals surface area contributed by atoms with Gasteiger partial charge in [0, 0.05) is 26.9 Å². The maximum atomic E-state index is 13.2. The number of carbonyl (C=O) groups excluding carboxylic acids is 2. The van der Waals surface area contributed by atoms with Gasteiger partial charge in [-0.1, -0.05) is 0 Å². The van der Waals surface area contributed by atoms with Gasteiger partial charge in [0.05, 0.1) is 0 Å². The number of hydrogen-bond donors (Lipinski definition) is 0. The number of hydrogen-bond acceptors (Lipinski definition) is 4. The van der Waals surface area contributed by atoms with Crippen LogP contribution in [0.25, 0.3) is 0 Å². The molecule has 1 aromatic carbocycles. The number of halogens is 1. The largest absolute Gasteiger partial charge is 0.485 e. The average Bonchev–Trinajstić information content (AvgIpc) is 2.74. The molecule has 0 radical (unpaired) electrons. The fourth-order valence-electron chi connectivity index (χ4n) is 1.87. The Hall–Kier alpha value is -2.01. The van der Waals surface area contributed by atoms with E-state index in [0.717, 1.165) is 21.9 Å². The van der Waals surface area contributed by atoms with Gasteiger partial charge < -0.3 is 4.74 Å². The van der Waals surface area contributed by atoms with Crippen molar-refractivity contribution in [1.82, 2.24) is 0 Å². The Kier molecular flexibility index (Phi) is 4.29. The van der Waals surface area contributed by atoms with Crippen LogP contribution in [0.2, 0.25) is 0 Å². The van der Waals surface area contributed by atoms with Gasteiger partial charge in [-0.25, -0.2) is 4.39 Å². The lowest BCUT2D eigenvalue weighted by Crippen LogP contribution is -2.12. The Labute approximate surface area is 120 Å². The molecule has 0 aliphatic rings. The Morgan fingerprint density at radius 1 is 1.30 bits per heavy atom. The van der Waals surface area contributed by atoms with Gasteiger partial charge >= 0.3 is 0 Å². The van der Waals surface area contributed by atoms with Crippen LogP contribution in [0.3, 0.4) is 0 Å². The molecule has 0 fully saturated rings. The Morgan fingerprint density at radius 2 is 2.05 bits per heavy atom. The van der Waals surface area contributed by atoms with E-state index < -0.39 is 5.82 Å². The summed E-state index contributed by atoms with van der Waals surface area (Å²) in [5.41, 5.74) is 0.800. The molecule has 0 spiro atoms. The molecule has 0 atom stereocenters. The summed E-state index contributed by atoms with van der Waals surface area (Å²) in [5.74, 6) is -0.562. The number of thiophene rings is 1. The number of ether oxygens (including phenoxy) is 1. The molecule has 5 heteroatoms. The van der Waals surface area contributed by atoms with E-state index in [-0.39, 0.29) is 23.7 Å². The molecule has 2 rings (SSSR count). The minimum atomic E-state index is -0.570. The van der Waals surface area contributed by atoms with E-state index in [0.29, 0.717) is 11.8 Å². The summed E-state index contributed by atoms with van der Waals surface area (Å²) in [6, 6.07) is 5.46. The highest BCUT2D eigenvalue weighted by Crippen LogP contribution is 2.22. The quantitative estimate of drug-likeness (QED) is 0.625. The SMILES string of the molecule is Cc1cc(C(=O)COc2cc(F)cc(C=O)c2)c(C)s1. The zero-order valence-electron chi connectivity index (χ0n) is 11.1. The van der Waals surface area contributed by atoms with Crippen molar-refractivity contribution in [1.29, 1.82) is 0 Å². The second-order valence-corrected chi connectivity index (χ2v) is 5.84. The van der Waals surface area contributed by atoms with Crippen molar-refractivity contribution in [3.8, 4) is 5.75 Å². The zero-order chi connectivity index (χ0) is 14.7. The van der Waals surface area contributed by atoms with Gasteiger partial charge in [-0.2, -0.15) is 0 Å². The van der Waals surface area contributed by atoms with Crippen molar-refractivity contribution in [2.45, 2.75) is 13.8 Å². The van der Waals surface area contributed by atoms with Crippen molar-refractivity contribution < 1.29 is 18.7 Å². The van der Waals surface area contributed by atoms with Crippen LogP contribution in [0.5, 0.6) is 5.75 Å². The Bertz CT molecular complexity index is 661. The molecule has 1 heterocycles. The highest BCUT2D eigenvalue weighted by atomic mass is 32.1. The number of carbonyl (C=O) groups is 2. The fourth-order valence-corrected chi connectivity index (χ4v) is 2.81. The first kappa shape index (κ1) is 14.4. The van der Waals surface area contributed by atoms with Crippen LogP contribution in [0.15, 0.2) is 24.3 Å². The van der Waals surface area contributed by atoms with Crippen LogP contribution >= 0.6 is 11.3 Å². The average molecular weight is 292 g/mol. The first-order valence-electron chi connectivity index (χ1n) is 5.98. The summed E-state index contributed by atoms with van der Waals surface area (Å²) in [7, 11) is 0. The summed E-state index contributed by atoms with van der Waals surface area (Å²) >= 11 is 1.55. The van der Waals surface area contributed by atoms with Crippen molar-refractivity contribution >= 4 is 23.4 Å². The number of benzene rings is 1. The van der Waals surface area contributed by atoms with Crippen molar-refractivity contribution in [2.24, 2.45) is 0 Å². The summed E-state index contributed by atoms with van der Waals surface area (Å²) in [5, 5.41) is 0. The summed E-state index contributed by atoms with van der Waals surface area (Å²) in [6.45, 7) is 3.62. The predicted molar refractivity (Wildman–Crippen MR) is 75.4 cm³/mol. The maximum absolute atomic E-state index is 13.2. The van der Waals surface area contributed by atoms with E-state index in [9.17, 15) is 14.0 Å². The lowest BCUT2D eigenvalue weighted by atomic mass is 10.2. The van der Waals surface area contributed by atoms with Crippen LogP contribution in [0.1, 0.15) is 30.5 Å². The monoisotopic (exact) mass is 292 g/mol. The highest BCUT2D eigenvalue weighted by molar-refractivity contribution is 7.12. The molecule has 0 aliphatic heterocycles. The van der Waals surface area contributed by atoms with Crippen LogP contribution < -0.4 is 4.74 Å².